The predicted octanol–water partition coefficient (Wildman–Crippen LogP) is 1.19. The molecule has 0 saturated carbocycles. The third-order valence-electron chi connectivity index (χ3n) is 5.28. The second kappa shape index (κ2) is 9.06. The molecule has 0 unspecified atom stereocenters. The van der Waals surface area contributed by atoms with E-state index in [-0.39, 0.29) is 35.3 Å². The molecule has 30 heavy (non-hydrogen) atoms. The molecule has 0 spiro atoms. The third kappa shape index (κ3) is 4.30. The zero-order valence-corrected chi connectivity index (χ0v) is 17.7. The van der Waals surface area contributed by atoms with E-state index in [0.29, 0.717) is 38.4 Å². The molecule has 3 rings (SSSR count). The van der Waals surface area contributed by atoms with Crippen LogP contribution in [0.15, 0.2) is 34.0 Å². The average molecular weight is 439 g/mol. The summed E-state index contributed by atoms with van der Waals surface area (Å²) >= 11 is 0. The van der Waals surface area contributed by atoms with Gasteiger partial charge in [0.1, 0.15) is 5.82 Å². The van der Waals surface area contributed by atoms with E-state index < -0.39 is 14.9 Å². The highest BCUT2D eigenvalue weighted by Crippen LogP contribution is 2.30. The van der Waals surface area contributed by atoms with Crippen LogP contribution in [0.1, 0.15) is 31.5 Å². The maximum Gasteiger partial charge on any atom is 0.345 e. The molecule has 0 radical (unpaired) electrons. The minimum Gasteiger partial charge on any atom is -0.383 e. The summed E-state index contributed by atoms with van der Waals surface area (Å²) < 4.78 is 35.2. The van der Waals surface area contributed by atoms with Crippen LogP contribution in [0.5, 0.6) is 0 Å². The van der Waals surface area contributed by atoms with Gasteiger partial charge in [-0.15, -0.1) is 0 Å². The molecule has 1 aromatic heterocycles. The van der Waals surface area contributed by atoms with E-state index in [9.17, 15) is 23.3 Å². The van der Waals surface area contributed by atoms with Crippen molar-refractivity contribution in [3.05, 3.63) is 50.7 Å². The molecule has 164 valence electrons. The van der Waals surface area contributed by atoms with E-state index in [1.54, 1.807) is 11.7 Å². The van der Waals surface area contributed by atoms with E-state index >= 15 is 0 Å². The molecule has 0 N–H and O–H groups in total. The first-order valence-corrected chi connectivity index (χ1v) is 11.1. The summed E-state index contributed by atoms with van der Waals surface area (Å²) in [5.41, 5.74) is -0.347. The fourth-order valence-electron chi connectivity index (χ4n) is 3.62. The molecule has 0 amide bonds. The molecule has 1 aliphatic rings. The summed E-state index contributed by atoms with van der Waals surface area (Å²) in [6.07, 6.45) is 1.07. The van der Waals surface area contributed by atoms with Crippen molar-refractivity contribution in [3.8, 4) is 0 Å². The number of nitro benzene ring substituents is 1. The highest BCUT2D eigenvalue weighted by molar-refractivity contribution is 7.89. The largest absolute Gasteiger partial charge is 0.383 e. The van der Waals surface area contributed by atoms with Crippen LogP contribution in [-0.2, 0) is 27.8 Å². The Morgan fingerprint density at radius 2 is 1.87 bits per heavy atom. The molecule has 2 aromatic rings. The molecular weight excluding hydrogens is 414 g/mol. The molecule has 1 aliphatic heterocycles. The first-order valence-electron chi connectivity index (χ1n) is 9.70. The van der Waals surface area contributed by atoms with Crippen LogP contribution in [-0.4, -0.2) is 58.8 Å². The van der Waals surface area contributed by atoms with Crippen molar-refractivity contribution in [2.45, 2.75) is 43.7 Å². The number of hydrogen-bond donors (Lipinski definition) is 0. The van der Waals surface area contributed by atoms with Gasteiger partial charge in [0.15, 0.2) is 0 Å². The highest BCUT2D eigenvalue weighted by atomic mass is 32.2. The number of rotatable bonds is 8. The number of methoxy groups -OCH3 is 1. The smallest absolute Gasteiger partial charge is 0.345 e. The van der Waals surface area contributed by atoms with Gasteiger partial charge in [0.25, 0.3) is 5.69 Å². The van der Waals surface area contributed by atoms with Crippen LogP contribution in [0.2, 0.25) is 0 Å². The Labute approximate surface area is 174 Å². The Kier molecular flexibility index (Phi) is 6.68. The van der Waals surface area contributed by atoms with Crippen molar-refractivity contribution >= 4 is 15.7 Å². The van der Waals surface area contributed by atoms with Gasteiger partial charge in [-0.1, -0.05) is 0 Å². The quantitative estimate of drug-likeness (QED) is 0.446. The number of sulfonamides is 1. The fraction of sp³-hybridized carbons (Fsp3) is 0.556. The number of ether oxygens (including phenoxy) is 1. The lowest BCUT2D eigenvalue weighted by Crippen LogP contribution is -2.38. The SMILES string of the molecule is CCn1c(C2CCN(S(=O)(=O)c3ccc([N+](=O)[O-])cc3)CC2)nn(CCOC)c1=O. The number of non-ortho nitro benzene ring substituents is 1. The number of aromatic nitrogens is 3. The van der Waals surface area contributed by atoms with Gasteiger partial charge in [-0.25, -0.2) is 17.9 Å². The maximum atomic E-state index is 12.9. The lowest BCUT2D eigenvalue weighted by molar-refractivity contribution is -0.384. The standard InChI is InChI=1S/C18H25N5O6S/c1-3-21-17(19-22(18(21)24)12-13-29-2)14-8-10-20(11-9-14)30(27,28)16-6-4-15(5-7-16)23(25)26/h4-7,14H,3,8-13H2,1-2H3. The summed E-state index contributed by atoms with van der Waals surface area (Å²) in [4.78, 5) is 22.7. The normalized spacial score (nSPS) is 16.1. The summed E-state index contributed by atoms with van der Waals surface area (Å²) in [5, 5.41) is 15.2. The van der Waals surface area contributed by atoms with Crippen LogP contribution in [0.3, 0.4) is 0 Å². The number of hydrogen-bond acceptors (Lipinski definition) is 7. The lowest BCUT2D eigenvalue weighted by atomic mass is 9.97. The van der Waals surface area contributed by atoms with Gasteiger partial charge in [-0.05, 0) is 31.9 Å². The lowest BCUT2D eigenvalue weighted by Gasteiger charge is -2.30. The summed E-state index contributed by atoms with van der Waals surface area (Å²) in [5.74, 6) is 0.649. The van der Waals surface area contributed by atoms with Crippen molar-refractivity contribution in [2.24, 2.45) is 0 Å². The van der Waals surface area contributed by atoms with E-state index in [4.69, 9.17) is 4.74 Å². The zero-order chi connectivity index (χ0) is 21.9. The maximum absolute atomic E-state index is 12.9. The molecule has 0 atom stereocenters. The van der Waals surface area contributed by atoms with Crippen LogP contribution in [0.25, 0.3) is 0 Å². The first-order chi connectivity index (χ1) is 14.3. The Morgan fingerprint density at radius 1 is 1.23 bits per heavy atom. The van der Waals surface area contributed by atoms with Gasteiger partial charge in [0.05, 0.1) is 23.0 Å². The number of nitro groups is 1. The molecule has 2 heterocycles. The van der Waals surface area contributed by atoms with Crippen LogP contribution in [0.4, 0.5) is 5.69 Å². The molecule has 1 fully saturated rings. The summed E-state index contributed by atoms with van der Waals surface area (Å²) in [6, 6.07) is 4.88. The number of benzene rings is 1. The molecular formula is C18H25N5O6S. The van der Waals surface area contributed by atoms with Crippen molar-refractivity contribution in [1.82, 2.24) is 18.7 Å². The monoisotopic (exact) mass is 439 g/mol. The van der Waals surface area contributed by atoms with Crippen molar-refractivity contribution in [2.75, 3.05) is 26.8 Å². The van der Waals surface area contributed by atoms with Gasteiger partial charge < -0.3 is 4.74 Å². The van der Waals surface area contributed by atoms with Gasteiger partial charge in [0, 0.05) is 44.8 Å². The minimum absolute atomic E-state index is 0.0234. The molecule has 12 heteroatoms. The van der Waals surface area contributed by atoms with Crippen molar-refractivity contribution < 1.29 is 18.1 Å². The molecule has 1 aromatic carbocycles. The van der Waals surface area contributed by atoms with Crippen molar-refractivity contribution in [1.29, 1.82) is 0 Å². The number of piperidine rings is 1. The van der Waals surface area contributed by atoms with Crippen molar-refractivity contribution in [3.63, 3.8) is 0 Å². The summed E-state index contributed by atoms with van der Waals surface area (Å²) in [7, 11) is -2.18. The van der Waals surface area contributed by atoms with Gasteiger partial charge >= 0.3 is 5.69 Å². The van der Waals surface area contributed by atoms with E-state index in [0.717, 1.165) is 0 Å². The average Bonchev–Trinajstić information content (AvgIpc) is 3.07. The Balaban J connectivity index is 1.74. The van der Waals surface area contributed by atoms with Gasteiger partial charge in [-0.2, -0.15) is 9.40 Å². The van der Waals surface area contributed by atoms with Gasteiger partial charge in [-0.3, -0.25) is 14.7 Å². The molecule has 0 bridgehead atoms. The fourth-order valence-corrected chi connectivity index (χ4v) is 5.09. The zero-order valence-electron chi connectivity index (χ0n) is 16.9. The van der Waals surface area contributed by atoms with E-state index in [2.05, 4.69) is 5.10 Å². The molecule has 0 aliphatic carbocycles. The topological polar surface area (TPSA) is 130 Å². The Bertz CT molecular complexity index is 1050. The Morgan fingerprint density at radius 3 is 2.40 bits per heavy atom. The summed E-state index contributed by atoms with van der Waals surface area (Å²) in [6.45, 7) is 3.68. The van der Waals surface area contributed by atoms with Crippen LogP contribution >= 0.6 is 0 Å². The van der Waals surface area contributed by atoms with E-state index in [1.165, 1.54) is 33.3 Å². The number of nitrogens with zero attached hydrogens (tertiary/aromatic N) is 5. The van der Waals surface area contributed by atoms with Crippen LogP contribution in [0, 0.1) is 10.1 Å². The highest BCUT2D eigenvalue weighted by Gasteiger charge is 2.32. The van der Waals surface area contributed by atoms with E-state index in [1.807, 2.05) is 6.92 Å². The first kappa shape index (κ1) is 22.1. The third-order valence-corrected chi connectivity index (χ3v) is 7.19. The predicted molar refractivity (Wildman–Crippen MR) is 108 cm³/mol. The molecule has 1 saturated heterocycles. The minimum atomic E-state index is -3.74. The Hall–Kier alpha value is -2.57. The van der Waals surface area contributed by atoms with Crippen LogP contribution < -0.4 is 5.69 Å². The molecule has 11 nitrogen and oxygen atoms in total. The van der Waals surface area contributed by atoms with Gasteiger partial charge in [0.2, 0.25) is 10.0 Å². The second-order valence-corrected chi connectivity index (χ2v) is 8.97. The second-order valence-electron chi connectivity index (χ2n) is 7.03.